The molecule has 1 saturated carbocycles. The number of aromatic nitrogens is 1. The number of rotatable bonds is 5. The van der Waals surface area contributed by atoms with Crippen LogP contribution in [0, 0.1) is 0 Å². The molecule has 1 aromatic heterocycles. The van der Waals surface area contributed by atoms with E-state index in [4.69, 9.17) is 0 Å². The molecular formula is C18H18N2O. The highest BCUT2D eigenvalue weighted by Crippen LogP contribution is 2.28. The lowest BCUT2D eigenvalue weighted by molar-refractivity contribution is -0.127. The lowest BCUT2D eigenvalue weighted by atomic mass is 10.2. The Hall–Kier alpha value is -2.42. The molecule has 21 heavy (non-hydrogen) atoms. The van der Waals surface area contributed by atoms with Crippen LogP contribution in [0.1, 0.15) is 24.0 Å². The largest absolute Gasteiger partial charge is 0.332 e. The number of pyridine rings is 1. The zero-order valence-corrected chi connectivity index (χ0v) is 11.9. The van der Waals surface area contributed by atoms with Gasteiger partial charge >= 0.3 is 0 Å². The summed E-state index contributed by atoms with van der Waals surface area (Å²) in [6, 6.07) is 14.2. The quantitative estimate of drug-likeness (QED) is 0.786. The molecular weight excluding hydrogens is 260 g/mol. The number of benzene rings is 1. The molecule has 3 rings (SSSR count). The third kappa shape index (κ3) is 3.78. The van der Waals surface area contributed by atoms with Crippen molar-refractivity contribution >= 4 is 12.0 Å². The molecule has 2 aromatic rings. The van der Waals surface area contributed by atoms with Gasteiger partial charge in [0.2, 0.25) is 5.91 Å². The van der Waals surface area contributed by atoms with Crippen LogP contribution in [-0.2, 0) is 11.3 Å². The number of hydrogen-bond donors (Lipinski definition) is 0. The van der Waals surface area contributed by atoms with E-state index in [2.05, 4.69) is 4.98 Å². The molecule has 0 bridgehead atoms. The summed E-state index contributed by atoms with van der Waals surface area (Å²) in [6.07, 6.45) is 9.31. The molecule has 1 amide bonds. The minimum Gasteiger partial charge on any atom is -0.332 e. The first-order valence-electron chi connectivity index (χ1n) is 7.25. The molecule has 3 heteroatoms. The summed E-state index contributed by atoms with van der Waals surface area (Å²) in [6.45, 7) is 0.658. The molecule has 0 spiro atoms. The number of hydrogen-bond acceptors (Lipinski definition) is 2. The Bertz CT molecular complexity index is 618. The normalized spacial score (nSPS) is 14.3. The van der Waals surface area contributed by atoms with Crippen molar-refractivity contribution in [3.8, 4) is 0 Å². The van der Waals surface area contributed by atoms with Gasteiger partial charge in [-0.15, -0.1) is 0 Å². The van der Waals surface area contributed by atoms with E-state index in [0.717, 1.165) is 24.0 Å². The van der Waals surface area contributed by atoms with E-state index in [1.807, 2.05) is 53.4 Å². The molecule has 1 heterocycles. The zero-order valence-electron chi connectivity index (χ0n) is 11.9. The number of amides is 1. The fourth-order valence-electron chi connectivity index (χ4n) is 2.29. The van der Waals surface area contributed by atoms with Crippen molar-refractivity contribution in [3.05, 3.63) is 72.1 Å². The van der Waals surface area contributed by atoms with Crippen molar-refractivity contribution in [2.24, 2.45) is 0 Å². The Labute approximate surface area is 124 Å². The fourth-order valence-corrected chi connectivity index (χ4v) is 2.29. The van der Waals surface area contributed by atoms with E-state index < -0.39 is 0 Å². The zero-order chi connectivity index (χ0) is 14.5. The summed E-state index contributed by atoms with van der Waals surface area (Å²) in [5.74, 6) is 0.0816. The van der Waals surface area contributed by atoms with E-state index in [0.29, 0.717) is 12.6 Å². The van der Waals surface area contributed by atoms with Crippen LogP contribution >= 0.6 is 0 Å². The van der Waals surface area contributed by atoms with E-state index in [1.54, 1.807) is 18.5 Å². The van der Waals surface area contributed by atoms with Crippen LogP contribution in [0.2, 0.25) is 0 Å². The average Bonchev–Trinajstić information content (AvgIpc) is 3.37. The van der Waals surface area contributed by atoms with Crippen molar-refractivity contribution in [1.82, 2.24) is 9.88 Å². The minimum atomic E-state index is 0.0816. The van der Waals surface area contributed by atoms with Gasteiger partial charge < -0.3 is 4.90 Å². The van der Waals surface area contributed by atoms with Crippen molar-refractivity contribution < 1.29 is 4.79 Å². The first-order chi connectivity index (χ1) is 10.3. The van der Waals surface area contributed by atoms with Gasteiger partial charge in [0.15, 0.2) is 0 Å². The van der Waals surface area contributed by atoms with E-state index in [1.165, 1.54) is 0 Å². The first-order valence-corrected chi connectivity index (χ1v) is 7.25. The lowest BCUT2D eigenvalue weighted by Gasteiger charge is -2.20. The van der Waals surface area contributed by atoms with Crippen LogP contribution in [0.5, 0.6) is 0 Å². The Kier molecular flexibility index (Phi) is 4.10. The van der Waals surface area contributed by atoms with Crippen molar-refractivity contribution in [1.29, 1.82) is 0 Å². The third-order valence-corrected chi connectivity index (χ3v) is 3.59. The molecule has 0 N–H and O–H groups in total. The Morgan fingerprint density at radius 1 is 1.14 bits per heavy atom. The highest BCUT2D eigenvalue weighted by molar-refractivity contribution is 5.92. The monoisotopic (exact) mass is 278 g/mol. The molecule has 3 nitrogen and oxygen atoms in total. The molecule has 0 saturated heterocycles. The number of carbonyl (C=O) groups is 1. The Balaban J connectivity index is 1.69. The van der Waals surface area contributed by atoms with Crippen molar-refractivity contribution in [2.75, 3.05) is 0 Å². The van der Waals surface area contributed by atoms with Crippen molar-refractivity contribution in [2.45, 2.75) is 25.4 Å². The third-order valence-electron chi connectivity index (χ3n) is 3.59. The van der Waals surface area contributed by atoms with Gasteiger partial charge in [0.1, 0.15) is 0 Å². The summed E-state index contributed by atoms with van der Waals surface area (Å²) in [5, 5.41) is 0. The molecule has 106 valence electrons. The number of carbonyl (C=O) groups excluding carboxylic acids is 1. The van der Waals surface area contributed by atoms with Gasteiger partial charge in [-0.05, 0) is 42.2 Å². The maximum atomic E-state index is 12.4. The molecule has 1 aliphatic rings. The SMILES string of the molecule is O=C(/C=C/c1ccccc1)N(Cc1ccncc1)C1CC1. The Morgan fingerprint density at radius 2 is 1.86 bits per heavy atom. The summed E-state index contributed by atoms with van der Waals surface area (Å²) >= 11 is 0. The van der Waals surface area contributed by atoms with Gasteiger partial charge in [-0.25, -0.2) is 0 Å². The lowest BCUT2D eigenvalue weighted by Crippen LogP contribution is -2.31. The van der Waals surface area contributed by atoms with Crippen LogP contribution in [0.15, 0.2) is 60.9 Å². The molecule has 0 unspecified atom stereocenters. The van der Waals surface area contributed by atoms with Gasteiger partial charge in [0.05, 0.1) is 0 Å². The summed E-state index contributed by atoms with van der Waals surface area (Å²) in [7, 11) is 0. The summed E-state index contributed by atoms with van der Waals surface area (Å²) in [5.41, 5.74) is 2.17. The van der Waals surface area contributed by atoms with Gasteiger partial charge in [-0.2, -0.15) is 0 Å². The van der Waals surface area contributed by atoms with Crippen LogP contribution in [0.25, 0.3) is 6.08 Å². The Morgan fingerprint density at radius 3 is 2.52 bits per heavy atom. The molecule has 0 atom stereocenters. The topological polar surface area (TPSA) is 33.2 Å². The molecule has 0 aliphatic heterocycles. The van der Waals surface area contributed by atoms with E-state index in [9.17, 15) is 4.79 Å². The highest BCUT2D eigenvalue weighted by Gasteiger charge is 2.31. The van der Waals surface area contributed by atoms with Gasteiger partial charge in [0.25, 0.3) is 0 Å². The first kappa shape index (κ1) is 13.6. The van der Waals surface area contributed by atoms with Crippen LogP contribution < -0.4 is 0 Å². The average molecular weight is 278 g/mol. The second-order valence-corrected chi connectivity index (χ2v) is 5.30. The minimum absolute atomic E-state index is 0.0816. The van der Waals surface area contributed by atoms with Crippen LogP contribution in [0.4, 0.5) is 0 Å². The molecule has 0 radical (unpaired) electrons. The molecule has 1 fully saturated rings. The molecule has 1 aliphatic carbocycles. The predicted octanol–water partition coefficient (Wildman–Crippen LogP) is 3.29. The highest BCUT2D eigenvalue weighted by atomic mass is 16.2. The maximum Gasteiger partial charge on any atom is 0.247 e. The second kappa shape index (κ2) is 6.35. The fraction of sp³-hybridized carbons (Fsp3) is 0.222. The van der Waals surface area contributed by atoms with Crippen LogP contribution in [0.3, 0.4) is 0 Å². The van der Waals surface area contributed by atoms with Gasteiger partial charge in [-0.1, -0.05) is 30.3 Å². The summed E-state index contributed by atoms with van der Waals surface area (Å²) in [4.78, 5) is 18.4. The second-order valence-electron chi connectivity index (χ2n) is 5.30. The number of nitrogens with zero attached hydrogens (tertiary/aromatic N) is 2. The van der Waals surface area contributed by atoms with E-state index in [-0.39, 0.29) is 5.91 Å². The van der Waals surface area contributed by atoms with Gasteiger partial charge in [0, 0.05) is 31.1 Å². The maximum absolute atomic E-state index is 12.4. The molecule has 1 aromatic carbocycles. The van der Waals surface area contributed by atoms with Crippen molar-refractivity contribution in [3.63, 3.8) is 0 Å². The van der Waals surface area contributed by atoms with E-state index >= 15 is 0 Å². The summed E-state index contributed by atoms with van der Waals surface area (Å²) < 4.78 is 0. The van der Waals surface area contributed by atoms with Crippen LogP contribution in [-0.4, -0.2) is 21.8 Å². The smallest absolute Gasteiger partial charge is 0.247 e. The van der Waals surface area contributed by atoms with Gasteiger partial charge in [-0.3, -0.25) is 9.78 Å². The predicted molar refractivity (Wildman–Crippen MR) is 83.3 cm³/mol. The standard InChI is InChI=1S/C18H18N2O/c21-18(9-6-15-4-2-1-3-5-15)20(17-7-8-17)14-16-10-12-19-13-11-16/h1-6,9-13,17H,7-8,14H2/b9-6+.